The number of hydrogen-bond donors (Lipinski definition) is 1. The smallest absolute Gasteiger partial charge is 0.124 e. The molecule has 1 aromatic carbocycles. The van der Waals surface area contributed by atoms with Gasteiger partial charge in [0.1, 0.15) is 11.9 Å². The maximum absolute atomic E-state index is 6.21. The summed E-state index contributed by atoms with van der Waals surface area (Å²) in [6.07, 6.45) is 9.02. The Hall–Kier alpha value is -1.02. The highest BCUT2D eigenvalue weighted by Gasteiger charge is 2.24. The van der Waals surface area contributed by atoms with Crippen molar-refractivity contribution in [3.63, 3.8) is 0 Å². The molecular formula is C16H25NO. The van der Waals surface area contributed by atoms with Gasteiger partial charge in [0.15, 0.2) is 0 Å². The summed E-state index contributed by atoms with van der Waals surface area (Å²) in [5.74, 6) is 0.995. The molecule has 2 N–H and O–H groups in total. The van der Waals surface area contributed by atoms with Crippen LogP contribution in [0.25, 0.3) is 0 Å². The predicted molar refractivity (Wildman–Crippen MR) is 75.8 cm³/mol. The third kappa shape index (κ3) is 3.49. The Balaban J connectivity index is 1.80. The van der Waals surface area contributed by atoms with E-state index in [1.165, 1.54) is 37.7 Å². The minimum atomic E-state index is 0.149. The molecule has 0 radical (unpaired) electrons. The van der Waals surface area contributed by atoms with Gasteiger partial charge >= 0.3 is 0 Å². The number of hydrogen-bond acceptors (Lipinski definition) is 2. The summed E-state index contributed by atoms with van der Waals surface area (Å²) in [5.41, 5.74) is 7.38. The van der Waals surface area contributed by atoms with Crippen LogP contribution in [-0.4, -0.2) is 6.10 Å². The minimum Gasteiger partial charge on any atom is -0.490 e. The Labute approximate surface area is 111 Å². The zero-order chi connectivity index (χ0) is 12.8. The van der Waals surface area contributed by atoms with Gasteiger partial charge in [-0.25, -0.2) is 0 Å². The number of fused-ring (bicyclic) bond motifs is 1. The SMILES string of the molecule is CCCCCCCC1CC(N)c2ccccc2O1. The largest absolute Gasteiger partial charge is 0.490 e. The summed E-state index contributed by atoms with van der Waals surface area (Å²) in [5, 5.41) is 0. The van der Waals surface area contributed by atoms with Crippen molar-refractivity contribution < 1.29 is 4.74 Å². The van der Waals surface area contributed by atoms with Crippen LogP contribution in [0.3, 0.4) is 0 Å². The van der Waals surface area contributed by atoms with Gasteiger partial charge in [0, 0.05) is 18.0 Å². The van der Waals surface area contributed by atoms with Crippen LogP contribution in [0.4, 0.5) is 0 Å². The molecule has 0 aromatic heterocycles. The van der Waals surface area contributed by atoms with Crippen molar-refractivity contribution in [1.29, 1.82) is 0 Å². The molecule has 0 fully saturated rings. The number of nitrogens with two attached hydrogens (primary N) is 1. The van der Waals surface area contributed by atoms with Crippen molar-refractivity contribution in [3.05, 3.63) is 29.8 Å². The Morgan fingerprint density at radius 3 is 2.78 bits per heavy atom. The summed E-state index contributed by atoms with van der Waals surface area (Å²) in [7, 11) is 0. The molecule has 0 amide bonds. The summed E-state index contributed by atoms with van der Waals surface area (Å²) in [6.45, 7) is 2.25. The maximum Gasteiger partial charge on any atom is 0.124 e. The molecule has 100 valence electrons. The maximum atomic E-state index is 6.21. The van der Waals surface area contributed by atoms with Gasteiger partial charge in [0.05, 0.1) is 0 Å². The van der Waals surface area contributed by atoms with Gasteiger partial charge in [-0.1, -0.05) is 50.8 Å². The fourth-order valence-electron chi connectivity index (χ4n) is 2.68. The summed E-state index contributed by atoms with van der Waals surface area (Å²) < 4.78 is 6.03. The number of benzene rings is 1. The van der Waals surface area contributed by atoms with E-state index in [1.807, 2.05) is 18.2 Å². The van der Waals surface area contributed by atoms with E-state index in [4.69, 9.17) is 10.5 Å². The average Bonchev–Trinajstić information content (AvgIpc) is 2.39. The Kier molecular flexibility index (Phi) is 5.06. The van der Waals surface area contributed by atoms with Crippen LogP contribution in [-0.2, 0) is 0 Å². The van der Waals surface area contributed by atoms with Gasteiger partial charge in [0.25, 0.3) is 0 Å². The lowest BCUT2D eigenvalue weighted by molar-refractivity contribution is 0.146. The minimum absolute atomic E-state index is 0.149. The molecule has 1 aliphatic heterocycles. The van der Waals surface area contributed by atoms with Gasteiger partial charge in [-0.3, -0.25) is 0 Å². The van der Waals surface area contributed by atoms with Crippen molar-refractivity contribution in [2.75, 3.05) is 0 Å². The molecule has 1 heterocycles. The van der Waals surface area contributed by atoms with Gasteiger partial charge in [-0.15, -0.1) is 0 Å². The normalized spacial score (nSPS) is 22.3. The van der Waals surface area contributed by atoms with E-state index in [2.05, 4.69) is 13.0 Å². The van der Waals surface area contributed by atoms with Gasteiger partial charge < -0.3 is 10.5 Å². The summed E-state index contributed by atoms with van der Waals surface area (Å²) in [4.78, 5) is 0. The van der Waals surface area contributed by atoms with Crippen LogP contribution in [0, 0.1) is 0 Å². The van der Waals surface area contributed by atoms with Crippen LogP contribution in [0.1, 0.15) is 63.5 Å². The second kappa shape index (κ2) is 6.79. The second-order valence-corrected chi connectivity index (χ2v) is 5.32. The van der Waals surface area contributed by atoms with Crippen LogP contribution >= 0.6 is 0 Å². The summed E-state index contributed by atoms with van der Waals surface area (Å²) in [6, 6.07) is 8.33. The van der Waals surface area contributed by atoms with E-state index < -0.39 is 0 Å². The Morgan fingerprint density at radius 1 is 1.17 bits per heavy atom. The van der Waals surface area contributed by atoms with Crippen LogP contribution in [0.2, 0.25) is 0 Å². The molecule has 2 nitrogen and oxygen atoms in total. The van der Waals surface area contributed by atoms with E-state index in [0.29, 0.717) is 6.10 Å². The first-order valence-electron chi connectivity index (χ1n) is 7.32. The topological polar surface area (TPSA) is 35.2 Å². The van der Waals surface area contributed by atoms with Crippen molar-refractivity contribution >= 4 is 0 Å². The molecule has 0 bridgehead atoms. The lowest BCUT2D eigenvalue weighted by Crippen LogP contribution is -2.29. The highest BCUT2D eigenvalue weighted by molar-refractivity contribution is 5.37. The highest BCUT2D eigenvalue weighted by Crippen LogP contribution is 2.34. The van der Waals surface area contributed by atoms with Gasteiger partial charge in [-0.05, 0) is 18.9 Å². The Morgan fingerprint density at radius 2 is 1.94 bits per heavy atom. The fraction of sp³-hybridized carbons (Fsp3) is 0.625. The molecule has 2 rings (SSSR count). The van der Waals surface area contributed by atoms with Gasteiger partial charge in [-0.2, -0.15) is 0 Å². The molecule has 2 heteroatoms. The van der Waals surface area contributed by atoms with Crippen molar-refractivity contribution in [1.82, 2.24) is 0 Å². The fourth-order valence-corrected chi connectivity index (χ4v) is 2.68. The zero-order valence-corrected chi connectivity index (χ0v) is 11.4. The zero-order valence-electron chi connectivity index (χ0n) is 11.4. The molecule has 0 aliphatic carbocycles. The van der Waals surface area contributed by atoms with E-state index in [0.717, 1.165) is 18.6 Å². The first-order valence-corrected chi connectivity index (χ1v) is 7.32. The van der Waals surface area contributed by atoms with Crippen LogP contribution < -0.4 is 10.5 Å². The number of ether oxygens (including phenoxy) is 1. The van der Waals surface area contributed by atoms with Crippen molar-refractivity contribution in [2.24, 2.45) is 5.73 Å². The van der Waals surface area contributed by atoms with Crippen LogP contribution in [0.5, 0.6) is 5.75 Å². The highest BCUT2D eigenvalue weighted by atomic mass is 16.5. The Bertz CT molecular complexity index is 364. The first kappa shape index (κ1) is 13.4. The number of unbranched alkanes of at least 4 members (excludes halogenated alkanes) is 4. The van der Waals surface area contributed by atoms with E-state index in [9.17, 15) is 0 Å². The van der Waals surface area contributed by atoms with Gasteiger partial charge in [0.2, 0.25) is 0 Å². The number of para-hydroxylation sites is 1. The molecule has 2 unspecified atom stereocenters. The molecule has 1 aliphatic rings. The monoisotopic (exact) mass is 247 g/mol. The second-order valence-electron chi connectivity index (χ2n) is 5.32. The molecule has 1 aromatic rings. The van der Waals surface area contributed by atoms with Crippen LogP contribution in [0.15, 0.2) is 24.3 Å². The molecular weight excluding hydrogens is 222 g/mol. The third-order valence-corrected chi connectivity index (χ3v) is 3.76. The quantitative estimate of drug-likeness (QED) is 0.765. The summed E-state index contributed by atoms with van der Waals surface area (Å²) >= 11 is 0. The molecule has 0 saturated heterocycles. The lowest BCUT2D eigenvalue weighted by Gasteiger charge is -2.30. The van der Waals surface area contributed by atoms with E-state index in [1.54, 1.807) is 0 Å². The van der Waals surface area contributed by atoms with Crippen molar-refractivity contribution in [2.45, 2.75) is 64.0 Å². The van der Waals surface area contributed by atoms with E-state index >= 15 is 0 Å². The standard InChI is InChI=1S/C16H25NO/c1-2-3-4-5-6-9-13-12-15(17)14-10-7-8-11-16(14)18-13/h7-8,10-11,13,15H,2-6,9,12,17H2,1H3. The molecule has 0 saturated carbocycles. The molecule has 18 heavy (non-hydrogen) atoms. The van der Waals surface area contributed by atoms with Crippen molar-refractivity contribution in [3.8, 4) is 5.75 Å². The first-order chi connectivity index (χ1) is 8.81. The molecule has 2 atom stereocenters. The predicted octanol–water partition coefficient (Wildman–Crippen LogP) is 4.20. The average molecular weight is 247 g/mol. The lowest BCUT2D eigenvalue weighted by atomic mass is 9.94. The van der Waals surface area contributed by atoms with E-state index in [-0.39, 0.29) is 6.04 Å². The number of rotatable bonds is 6. The molecule has 0 spiro atoms. The third-order valence-electron chi connectivity index (χ3n) is 3.76.